The van der Waals surface area contributed by atoms with Crippen molar-refractivity contribution in [3.05, 3.63) is 16.0 Å². The van der Waals surface area contributed by atoms with Crippen LogP contribution in [0.15, 0.2) is 4.79 Å². The molecule has 1 heterocycles. The molecule has 1 aromatic heterocycles. The lowest BCUT2D eigenvalue weighted by Gasteiger charge is -2.02. The fourth-order valence-electron chi connectivity index (χ4n) is 1.26. The first-order chi connectivity index (χ1) is 7.06. The van der Waals surface area contributed by atoms with Crippen molar-refractivity contribution in [2.45, 2.75) is 26.8 Å². The smallest absolute Gasteiger partial charge is 0.352 e. The summed E-state index contributed by atoms with van der Waals surface area (Å²) in [6, 6.07) is 0. The molecule has 0 aliphatic carbocycles. The Labute approximate surface area is 87.7 Å². The van der Waals surface area contributed by atoms with Gasteiger partial charge in [-0.3, -0.25) is 4.79 Å². The van der Waals surface area contributed by atoms with Crippen LogP contribution in [0.1, 0.15) is 30.8 Å². The molecule has 1 amide bonds. The maximum absolute atomic E-state index is 11.4. The highest BCUT2D eigenvalue weighted by Crippen LogP contribution is 1.97. The molecule has 0 aromatic carbocycles. The number of hydrogen-bond acceptors (Lipinski definition) is 2. The predicted molar refractivity (Wildman–Crippen MR) is 54.5 cm³/mol. The number of rotatable bonds is 4. The molecule has 0 radical (unpaired) electrons. The van der Waals surface area contributed by atoms with E-state index in [0.717, 1.165) is 6.42 Å². The molecule has 0 unspecified atom stereocenters. The summed E-state index contributed by atoms with van der Waals surface area (Å²) in [7, 11) is 1.50. The van der Waals surface area contributed by atoms with Crippen LogP contribution in [0.4, 0.5) is 0 Å². The fourth-order valence-corrected chi connectivity index (χ4v) is 1.26. The number of aryl methyl sites for hydroxylation is 1. The van der Waals surface area contributed by atoms with Crippen molar-refractivity contribution in [2.24, 2.45) is 5.92 Å². The van der Waals surface area contributed by atoms with Crippen molar-refractivity contribution in [2.75, 3.05) is 7.05 Å². The molecule has 84 valence electrons. The molecule has 3 N–H and O–H groups in total. The molecule has 0 bridgehead atoms. The molecule has 0 aliphatic rings. The Morgan fingerprint density at radius 1 is 1.53 bits per heavy atom. The SMILES string of the molecule is CNC(=O)c1c(=O)[nH][nH][n+]1CCC(C)C. The van der Waals surface area contributed by atoms with Gasteiger partial charge in [-0.25, -0.2) is 4.79 Å². The van der Waals surface area contributed by atoms with Crippen molar-refractivity contribution in [3.63, 3.8) is 0 Å². The molecule has 0 atom stereocenters. The van der Waals surface area contributed by atoms with Gasteiger partial charge in [0.25, 0.3) is 0 Å². The number of carbonyl (C=O) groups is 1. The fraction of sp³-hybridized carbons (Fsp3) is 0.667. The van der Waals surface area contributed by atoms with Crippen molar-refractivity contribution in [3.8, 4) is 0 Å². The monoisotopic (exact) mass is 213 g/mol. The summed E-state index contributed by atoms with van der Waals surface area (Å²) in [6.45, 7) is 4.80. The lowest BCUT2D eigenvalue weighted by Crippen LogP contribution is -2.46. The van der Waals surface area contributed by atoms with Crippen LogP contribution < -0.4 is 15.6 Å². The van der Waals surface area contributed by atoms with E-state index in [1.165, 1.54) is 7.05 Å². The van der Waals surface area contributed by atoms with Crippen molar-refractivity contribution in [1.29, 1.82) is 0 Å². The summed E-state index contributed by atoms with van der Waals surface area (Å²) in [5.74, 6) is 0.148. The van der Waals surface area contributed by atoms with Crippen molar-refractivity contribution in [1.82, 2.24) is 15.6 Å². The second kappa shape index (κ2) is 4.77. The molecule has 0 spiro atoms. The maximum atomic E-state index is 11.4. The van der Waals surface area contributed by atoms with Crippen LogP contribution in [0.25, 0.3) is 0 Å². The molecular weight excluding hydrogens is 196 g/mol. The minimum absolute atomic E-state index is 0.123. The van der Waals surface area contributed by atoms with E-state index in [9.17, 15) is 9.59 Å². The third-order valence-electron chi connectivity index (χ3n) is 2.16. The molecule has 15 heavy (non-hydrogen) atoms. The first-order valence-corrected chi connectivity index (χ1v) is 4.98. The highest BCUT2D eigenvalue weighted by Gasteiger charge is 2.22. The van der Waals surface area contributed by atoms with Gasteiger partial charge in [0.15, 0.2) is 0 Å². The van der Waals surface area contributed by atoms with Crippen LogP contribution in [0, 0.1) is 5.92 Å². The average Bonchev–Trinajstić information content (AvgIpc) is 2.55. The largest absolute Gasteiger partial charge is 0.404 e. The molecule has 6 nitrogen and oxygen atoms in total. The van der Waals surface area contributed by atoms with Crippen LogP contribution in [0.5, 0.6) is 0 Å². The third-order valence-corrected chi connectivity index (χ3v) is 2.16. The number of nitrogens with zero attached hydrogens (tertiary/aromatic N) is 1. The number of carbonyl (C=O) groups excluding carboxylic acids is 1. The predicted octanol–water partition coefficient (Wildman–Crippen LogP) is -0.604. The Kier molecular flexibility index (Phi) is 3.65. The van der Waals surface area contributed by atoms with E-state index in [4.69, 9.17) is 0 Å². The molecule has 0 fully saturated rings. The van der Waals surface area contributed by atoms with Gasteiger partial charge in [0, 0.05) is 7.05 Å². The first-order valence-electron chi connectivity index (χ1n) is 4.98. The molecule has 1 rings (SSSR count). The Bertz CT molecular complexity index is 391. The second-order valence-electron chi connectivity index (χ2n) is 3.83. The topological polar surface area (TPSA) is 81.6 Å². The number of aromatic amines is 2. The zero-order valence-electron chi connectivity index (χ0n) is 9.26. The normalized spacial score (nSPS) is 10.7. The van der Waals surface area contributed by atoms with E-state index in [1.54, 1.807) is 4.68 Å². The third kappa shape index (κ3) is 2.68. The summed E-state index contributed by atoms with van der Waals surface area (Å²) >= 11 is 0. The van der Waals surface area contributed by atoms with Crippen LogP contribution >= 0.6 is 0 Å². The Hall–Kier alpha value is -1.59. The number of nitrogens with one attached hydrogen (secondary N) is 3. The lowest BCUT2D eigenvalue weighted by molar-refractivity contribution is -0.756. The zero-order chi connectivity index (χ0) is 11.4. The van der Waals surface area contributed by atoms with Gasteiger partial charge in [0.05, 0.1) is 0 Å². The maximum Gasteiger partial charge on any atom is 0.404 e. The van der Waals surface area contributed by atoms with E-state index in [2.05, 4.69) is 29.5 Å². The van der Waals surface area contributed by atoms with Gasteiger partial charge in [-0.15, -0.1) is 9.78 Å². The van der Waals surface area contributed by atoms with Crippen LogP contribution in [-0.4, -0.2) is 23.3 Å². The van der Waals surface area contributed by atoms with Gasteiger partial charge >= 0.3 is 17.2 Å². The van der Waals surface area contributed by atoms with E-state index in [-0.39, 0.29) is 11.6 Å². The van der Waals surface area contributed by atoms with Crippen molar-refractivity contribution >= 4 is 5.91 Å². The average molecular weight is 213 g/mol. The Balaban J connectivity index is 2.89. The summed E-state index contributed by atoms with van der Waals surface area (Å²) in [4.78, 5) is 22.7. The minimum atomic E-state index is -0.391. The van der Waals surface area contributed by atoms with Gasteiger partial charge in [0.1, 0.15) is 6.54 Å². The lowest BCUT2D eigenvalue weighted by atomic mass is 10.1. The van der Waals surface area contributed by atoms with Crippen LogP contribution in [0.3, 0.4) is 0 Å². The minimum Gasteiger partial charge on any atom is -0.352 e. The van der Waals surface area contributed by atoms with Gasteiger partial charge in [-0.05, 0) is 12.3 Å². The number of hydrogen-bond donors (Lipinski definition) is 3. The summed E-state index contributed by atoms with van der Waals surface area (Å²) in [6.07, 6.45) is 0.905. The number of amides is 1. The molecule has 0 saturated heterocycles. The van der Waals surface area contributed by atoms with Crippen molar-refractivity contribution < 1.29 is 9.48 Å². The summed E-state index contributed by atoms with van der Waals surface area (Å²) in [5, 5.41) is 7.50. The molecule has 0 aliphatic heterocycles. The molecule has 1 aromatic rings. The first kappa shape index (κ1) is 11.5. The van der Waals surface area contributed by atoms with E-state index in [1.807, 2.05) is 0 Å². The molecule has 0 saturated carbocycles. The van der Waals surface area contributed by atoms with Gasteiger partial charge in [-0.1, -0.05) is 19.1 Å². The van der Waals surface area contributed by atoms with Gasteiger partial charge < -0.3 is 5.32 Å². The van der Waals surface area contributed by atoms with Crippen LogP contribution in [0.2, 0.25) is 0 Å². The summed E-state index contributed by atoms with van der Waals surface area (Å²) < 4.78 is 1.54. The van der Waals surface area contributed by atoms with Gasteiger partial charge in [0.2, 0.25) is 0 Å². The molecular formula is C9H17N4O2+. The van der Waals surface area contributed by atoms with E-state index in [0.29, 0.717) is 12.5 Å². The Morgan fingerprint density at radius 3 is 2.73 bits per heavy atom. The number of H-pyrrole nitrogens is 2. The van der Waals surface area contributed by atoms with E-state index < -0.39 is 5.56 Å². The van der Waals surface area contributed by atoms with Crippen LogP contribution in [-0.2, 0) is 6.54 Å². The standard InChI is InChI=1S/C9H16N4O2/c1-6(2)4-5-13-7(8(14)10-3)9(15)11-12-13/h6H,4-5H2,1-3H3,(H2,10,14,15)/p+1. The van der Waals surface area contributed by atoms with Gasteiger partial charge in [-0.2, -0.15) is 0 Å². The highest BCUT2D eigenvalue weighted by atomic mass is 16.2. The van der Waals surface area contributed by atoms with E-state index >= 15 is 0 Å². The highest BCUT2D eigenvalue weighted by molar-refractivity contribution is 5.90. The Morgan fingerprint density at radius 2 is 2.20 bits per heavy atom. The number of aromatic nitrogens is 3. The second-order valence-corrected chi connectivity index (χ2v) is 3.83. The molecule has 6 heteroatoms. The quantitative estimate of drug-likeness (QED) is 0.583. The summed E-state index contributed by atoms with van der Waals surface area (Å²) in [5.41, 5.74) is -0.267. The zero-order valence-corrected chi connectivity index (χ0v) is 9.26.